The highest BCUT2D eigenvalue weighted by Crippen LogP contribution is 2.24. The van der Waals surface area contributed by atoms with Gasteiger partial charge >= 0.3 is 5.97 Å². The second-order valence-corrected chi connectivity index (χ2v) is 6.27. The molecule has 0 amide bonds. The monoisotopic (exact) mass is 299 g/mol. The van der Waals surface area contributed by atoms with Crippen LogP contribution in [-0.4, -0.2) is 37.9 Å². The Labute approximate surface area is 130 Å². The summed E-state index contributed by atoms with van der Waals surface area (Å²) in [4.78, 5) is 12.0. The highest BCUT2D eigenvalue weighted by atomic mass is 16.5. The summed E-state index contributed by atoms with van der Waals surface area (Å²) in [6, 6.07) is 0. The Hall–Kier alpha value is -0.610. The zero-order valence-electron chi connectivity index (χ0n) is 14.1. The molecule has 4 nitrogen and oxygen atoms in total. The molecule has 1 rings (SSSR count). The number of unbranched alkanes of at least 4 members (excludes halogenated alkanes) is 1. The number of hydrogen-bond donors (Lipinski definition) is 1. The van der Waals surface area contributed by atoms with Crippen molar-refractivity contribution in [3.05, 3.63) is 0 Å². The van der Waals surface area contributed by atoms with Crippen molar-refractivity contribution >= 4 is 5.97 Å². The molecule has 1 fully saturated rings. The van der Waals surface area contributed by atoms with E-state index in [9.17, 15) is 4.79 Å². The number of hydrogen-bond acceptors (Lipinski definition) is 4. The van der Waals surface area contributed by atoms with Gasteiger partial charge in [-0.2, -0.15) is 0 Å². The van der Waals surface area contributed by atoms with Gasteiger partial charge in [-0.05, 0) is 58.4 Å². The molecule has 1 aliphatic carbocycles. The topological polar surface area (TPSA) is 47.6 Å². The van der Waals surface area contributed by atoms with Crippen LogP contribution in [0, 0.1) is 5.92 Å². The van der Waals surface area contributed by atoms with Gasteiger partial charge in [0, 0.05) is 13.2 Å². The van der Waals surface area contributed by atoms with Gasteiger partial charge in [-0.1, -0.05) is 19.8 Å². The fourth-order valence-corrected chi connectivity index (χ4v) is 3.05. The van der Waals surface area contributed by atoms with Gasteiger partial charge < -0.3 is 14.8 Å². The molecule has 4 heteroatoms. The second-order valence-electron chi connectivity index (χ2n) is 6.27. The van der Waals surface area contributed by atoms with Gasteiger partial charge in [0.25, 0.3) is 0 Å². The fraction of sp³-hybridized carbons (Fsp3) is 0.941. The van der Waals surface area contributed by atoms with Crippen molar-refractivity contribution in [3.8, 4) is 0 Å². The molecule has 0 saturated heterocycles. The number of likely N-dealkylation sites (N-methyl/N-ethyl adjacent to an activating group) is 1. The molecule has 1 N–H and O–H groups in total. The first-order chi connectivity index (χ1) is 10.1. The van der Waals surface area contributed by atoms with Crippen LogP contribution in [0.15, 0.2) is 0 Å². The molecule has 0 aromatic carbocycles. The van der Waals surface area contributed by atoms with Crippen LogP contribution in [-0.2, 0) is 14.3 Å². The van der Waals surface area contributed by atoms with E-state index >= 15 is 0 Å². The van der Waals surface area contributed by atoms with E-state index in [4.69, 9.17) is 9.47 Å². The fourth-order valence-electron chi connectivity index (χ4n) is 3.05. The molecule has 21 heavy (non-hydrogen) atoms. The van der Waals surface area contributed by atoms with Crippen molar-refractivity contribution in [2.75, 3.05) is 26.4 Å². The summed E-state index contributed by atoms with van der Waals surface area (Å²) < 4.78 is 10.9. The van der Waals surface area contributed by atoms with Crippen LogP contribution >= 0.6 is 0 Å². The van der Waals surface area contributed by atoms with E-state index in [0.717, 1.165) is 44.9 Å². The molecule has 1 saturated carbocycles. The number of ether oxygens (including phenoxy) is 2. The van der Waals surface area contributed by atoms with E-state index in [1.54, 1.807) is 0 Å². The summed E-state index contributed by atoms with van der Waals surface area (Å²) in [7, 11) is 0. The molecular formula is C17H33NO3. The molecule has 1 aliphatic rings. The standard InChI is InChI=1S/C17H33NO3/c1-4-18-17(3,16(19)21-5-2)12-8-9-13-20-14-15-10-6-7-11-15/h15,18H,4-14H2,1-3H3. The molecule has 0 spiro atoms. The lowest BCUT2D eigenvalue weighted by atomic mass is 9.95. The zero-order chi connectivity index (χ0) is 15.6. The molecule has 0 aliphatic heterocycles. The third-order valence-electron chi connectivity index (χ3n) is 4.34. The Bertz CT molecular complexity index is 290. The first-order valence-corrected chi connectivity index (χ1v) is 8.62. The molecule has 1 unspecified atom stereocenters. The highest BCUT2D eigenvalue weighted by molar-refractivity contribution is 5.80. The van der Waals surface area contributed by atoms with Crippen LogP contribution in [0.1, 0.15) is 65.7 Å². The van der Waals surface area contributed by atoms with Crippen LogP contribution in [0.2, 0.25) is 0 Å². The Kier molecular flexibility index (Phi) is 8.93. The molecule has 1 atom stereocenters. The van der Waals surface area contributed by atoms with Crippen molar-refractivity contribution in [2.24, 2.45) is 5.92 Å². The van der Waals surface area contributed by atoms with Crippen molar-refractivity contribution in [2.45, 2.75) is 71.3 Å². The van der Waals surface area contributed by atoms with E-state index in [2.05, 4.69) is 5.32 Å². The van der Waals surface area contributed by atoms with Gasteiger partial charge in [0.1, 0.15) is 5.54 Å². The van der Waals surface area contributed by atoms with E-state index in [-0.39, 0.29) is 5.97 Å². The number of esters is 1. The molecule has 124 valence electrons. The number of carbonyl (C=O) groups excluding carboxylic acids is 1. The summed E-state index contributed by atoms with van der Waals surface area (Å²) >= 11 is 0. The normalized spacial score (nSPS) is 18.6. The first-order valence-electron chi connectivity index (χ1n) is 8.62. The lowest BCUT2D eigenvalue weighted by molar-refractivity contribution is -0.150. The zero-order valence-corrected chi connectivity index (χ0v) is 14.1. The summed E-state index contributed by atoms with van der Waals surface area (Å²) in [5.41, 5.74) is -0.559. The Morgan fingerprint density at radius 2 is 1.95 bits per heavy atom. The quantitative estimate of drug-likeness (QED) is 0.470. The third kappa shape index (κ3) is 6.79. The van der Waals surface area contributed by atoms with Gasteiger partial charge in [-0.3, -0.25) is 4.79 Å². The average Bonchev–Trinajstić information content (AvgIpc) is 2.96. The predicted molar refractivity (Wildman–Crippen MR) is 85.3 cm³/mol. The van der Waals surface area contributed by atoms with Crippen molar-refractivity contribution < 1.29 is 14.3 Å². The largest absolute Gasteiger partial charge is 0.465 e. The number of carbonyl (C=O) groups is 1. The molecule has 0 radical (unpaired) electrons. The maximum atomic E-state index is 12.0. The van der Waals surface area contributed by atoms with Gasteiger partial charge in [0.05, 0.1) is 6.61 Å². The van der Waals surface area contributed by atoms with Crippen molar-refractivity contribution in [1.82, 2.24) is 5.32 Å². The number of rotatable bonds is 11. The Morgan fingerprint density at radius 3 is 2.57 bits per heavy atom. The maximum Gasteiger partial charge on any atom is 0.326 e. The minimum absolute atomic E-state index is 0.140. The van der Waals surface area contributed by atoms with Gasteiger partial charge in [-0.25, -0.2) is 0 Å². The maximum absolute atomic E-state index is 12.0. The molecule has 0 aromatic heterocycles. The smallest absolute Gasteiger partial charge is 0.326 e. The van der Waals surface area contributed by atoms with Crippen LogP contribution in [0.3, 0.4) is 0 Å². The minimum atomic E-state index is -0.559. The summed E-state index contributed by atoms with van der Waals surface area (Å²) in [5.74, 6) is 0.648. The molecule has 0 aromatic rings. The van der Waals surface area contributed by atoms with Crippen LogP contribution < -0.4 is 5.32 Å². The van der Waals surface area contributed by atoms with E-state index in [0.29, 0.717) is 6.61 Å². The number of nitrogens with one attached hydrogen (secondary N) is 1. The summed E-state index contributed by atoms with van der Waals surface area (Å²) in [5, 5.41) is 3.26. The van der Waals surface area contributed by atoms with Crippen LogP contribution in [0.5, 0.6) is 0 Å². The summed E-state index contributed by atoms with van der Waals surface area (Å²) in [6.07, 6.45) is 8.19. The SMILES string of the molecule is CCNC(C)(CCCCOCC1CCCC1)C(=O)OCC. The highest BCUT2D eigenvalue weighted by Gasteiger charge is 2.32. The second kappa shape index (κ2) is 10.2. The van der Waals surface area contributed by atoms with E-state index in [1.807, 2.05) is 20.8 Å². The lowest BCUT2D eigenvalue weighted by Gasteiger charge is -2.28. The van der Waals surface area contributed by atoms with Crippen LogP contribution in [0.4, 0.5) is 0 Å². The molecule has 0 bridgehead atoms. The summed E-state index contributed by atoms with van der Waals surface area (Å²) in [6.45, 7) is 8.74. The minimum Gasteiger partial charge on any atom is -0.465 e. The molecule has 0 heterocycles. The predicted octanol–water partition coefficient (Wildman–Crippen LogP) is 3.29. The van der Waals surface area contributed by atoms with Crippen molar-refractivity contribution in [3.63, 3.8) is 0 Å². The van der Waals surface area contributed by atoms with Gasteiger partial charge in [0.2, 0.25) is 0 Å². The lowest BCUT2D eigenvalue weighted by Crippen LogP contribution is -2.50. The van der Waals surface area contributed by atoms with Gasteiger partial charge in [0.15, 0.2) is 0 Å². The molecular weight excluding hydrogens is 266 g/mol. The van der Waals surface area contributed by atoms with Gasteiger partial charge in [-0.15, -0.1) is 0 Å². The third-order valence-corrected chi connectivity index (χ3v) is 4.34. The van der Waals surface area contributed by atoms with E-state index in [1.165, 1.54) is 25.7 Å². The Morgan fingerprint density at radius 1 is 1.24 bits per heavy atom. The average molecular weight is 299 g/mol. The first kappa shape index (κ1) is 18.4. The van der Waals surface area contributed by atoms with E-state index < -0.39 is 5.54 Å². The van der Waals surface area contributed by atoms with Crippen molar-refractivity contribution in [1.29, 1.82) is 0 Å². The Balaban J connectivity index is 2.15. The van der Waals surface area contributed by atoms with Crippen LogP contribution in [0.25, 0.3) is 0 Å².